The van der Waals surface area contributed by atoms with Gasteiger partial charge in [-0.15, -0.1) is 0 Å². The molecular weight excluding hydrogens is 246 g/mol. The number of rotatable bonds is 15. The van der Waals surface area contributed by atoms with E-state index in [0.717, 1.165) is 25.9 Å². The molecule has 0 aromatic rings. The van der Waals surface area contributed by atoms with Crippen LogP contribution in [0.25, 0.3) is 0 Å². The molecule has 1 unspecified atom stereocenters. The molecule has 2 nitrogen and oxygen atoms in total. The van der Waals surface area contributed by atoms with Crippen molar-refractivity contribution in [3.05, 3.63) is 5.21 Å². The van der Waals surface area contributed by atoms with E-state index in [4.69, 9.17) is 0 Å². The monoisotopic (exact) mass is 285 g/mol. The molecule has 0 amide bonds. The van der Waals surface area contributed by atoms with Crippen molar-refractivity contribution >= 4 is 0 Å². The minimum Gasteiger partial charge on any atom is -0.633 e. The number of hydrogen-bond donors (Lipinski definition) is 0. The third-order valence-corrected chi connectivity index (χ3v) is 4.22. The Hall–Kier alpha value is -0.0800. The second-order valence-corrected chi connectivity index (χ2v) is 6.63. The van der Waals surface area contributed by atoms with E-state index in [1.165, 1.54) is 70.6 Å². The molecule has 0 aliphatic heterocycles. The van der Waals surface area contributed by atoms with Gasteiger partial charge in [0.05, 0.1) is 20.1 Å². The lowest BCUT2D eigenvalue weighted by Crippen LogP contribution is -2.39. The van der Waals surface area contributed by atoms with Crippen molar-refractivity contribution in [2.75, 3.05) is 20.1 Å². The van der Waals surface area contributed by atoms with Gasteiger partial charge in [0.2, 0.25) is 0 Å². The number of hydroxylamine groups is 3. The van der Waals surface area contributed by atoms with Crippen LogP contribution in [0.3, 0.4) is 0 Å². The lowest BCUT2D eigenvalue weighted by molar-refractivity contribution is -0.861. The summed E-state index contributed by atoms with van der Waals surface area (Å²) in [5.41, 5.74) is 0. The van der Waals surface area contributed by atoms with Gasteiger partial charge >= 0.3 is 0 Å². The fourth-order valence-corrected chi connectivity index (χ4v) is 2.74. The normalized spacial score (nSPS) is 14.4. The quantitative estimate of drug-likeness (QED) is 0.204. The van der Waals surface area contributed by atoms with E-state index in [0.29, 0.717) is 0 Å². The van der Waals surface area contributed by atoms with E-state index in [-0.39, 0.29) is 4.65 Å². The Morgan fingerprint density at radius 1 is 0.550 bits per heavy atom. The van der Waals surface area contributed by atoms with E-state index in [1.807, 2.05) is 7.05 Å². The van der Waals surface area contributed by atoms with E-state index in [2.05, 4.69) is 13.8 Å². The highest BCUT2D eigenvalue weighted by atomic mass is 16.5. The third-order valence-electron chi connectivity index (χ3n) is 4.22. The van der Waals surface area contributed by atoms with Crippen LogP contribution in [0.15, 0.2) is 0 Å². The molecule has 0 radical (unpaired) electrons. The van der Waals surface area contributed by atoms with Gasteiger partial charge in [0.15, 0.2) is 0 Å². The molecule has 2 heteroatoms. The summed E-state index contributed by atoms with van der Waals surface area (Å²) in [7, 11) is 1.85. The van der Waals surface area contributed by atoms with Gasteiger partial charge in [-0.25, -0.2) is 0 Å². The van der Waals surface area contributed by atoms with E-state index in [1.54, 1.807) is 0 Å². The van der Waals surface area contributed by atoms with Crippen LogP contribution in [0.4, 0.5) is 0 Å². The predicted molar refractivity (Wildman–Crippen MR) is 90.7 cm³/mol. The van der Waals surface area contributed by atoms with Crippen molar-refractivity contribution in [2.24, 2.45) is 0 Å². The van der Waals surface area contributed by atoms with Crippen molar-refractivity contribution in [1.29, 1.82) is 0 Å². The molecule has 0 bridgehead atoms. The highest BCUT2D eigenvalue weighted by Crippen LogP contribution is 2.12. The second-order valence-electron chi connectivity index (χ2n) is 6.63. The molecular formula is C18H39NO. The summed E-state index contributed by atoms with van der Waals surface area (Å²) in [4.78, 5) is 0. The maximum Gasteiger partial charge on any atom is 0.0781 e. The second kappa shape index (κ2) is 13.9. The van der Waals surface area contributed by atoms with Crippen LogP contribution in [-0.2, 0) is 0 Å². The van der Waals surface area contributed by atoms with Gasteiger partial charge < -0.3 is 9.85 Å². The fourth-order valence-electron chi connectivity index (χ4n) is 2.74. The minimum absolute atomic E-state index is 0.0168. The van der Waals surface area contributed by atoms with Gasteiger partial charge in [0.25, 0.3) is 0 Å². The highest BCUT2D eigenvalue weighted by molar-refractivity contribution is 4.49. The van der Waals surface area contributed by atoms with Crippen LogP contribution < -0.4 is 0 Å². The zero-order chi connectivity index (χ0) is 15.1. The van der Waals surface area contributed by atoms with Crippen LogP contribution >= 0.6 is 0 Å². The minimum atomic E-state index is -0.0168. The lowest BCUT2D eigenvalue weighted by atomic mass is 10.1. The molecule has 0 heterocycles. The average Bonchev–Trinajstić information content (AvgIpc) is 2.41. The van der Waals surface area contributed by atoms with Gasteiger partial charge in [-0.2, -0.15) is 0 Å². The number of unbranched alkanes of at least 4 members (excludes halogenated alkanes) is 11. The molecule has 0 saturated heterocycles. The summed E-state index contributed by atoms with van der Waals surface area (Å²) in [5, 5.41) is 12.2. The van der Waals surface area contributed by atoms with Crippen molar-refractivity contribution < 1.29 is 4.65 Å². The lowest BCUT2D eigenvalue weighted by Gasteiger charge is -2.38. The Kier molecular flexibility index (Phi) is 13.8. The van der Waals surface area contributed by atoms with Crippen molar-refractivity contribution in [3.63, 3.8) is 0 Å². The van der Waals surface area contributed by atoms with Crippen molar-refractivity contribution in [1.82, 2.24) is 0 Å². The zero-order valence-electron chi connectivity index (χ0n) is 14.5. The van der Waals surface area contributed by atoms with Crippen molar-refractivity contribution in [2.45, 2.75) is 97.3 Å². The average molecular weight is 286 g/mol. The van der Waals surface area contributed by atoms with Crippen LogP contribution in [-0.4, -0.2) is 24.8 Å². The molecule has 1 atom stereocenters. The molecule has 0 aromatic heterocycles. The van der Waals surface area contributed by atoms with Gasteiger partial charge in [-0.05, 0) is 25.7 Å². The Balaban J connectivity index is 3.25. The zero-order valence-corrected chi connectivity index (χ0v) is 14.5. The van der Waals surface area contributed by atoms with E-state index in [9.17, 15) is 5.21 Å². The summed E-state index contributed by atoms with van der Waals surface area (Å²) >= 11 is 0. The van der Waals surface area contributed by atoms with Crippen LogP contribution in [0, 0.1) is 5.21 Å². The smallest absolute Gasteiger partial charge is 0.0781 e. The maximum absolute atomic E-state index is 12.2. The first-order chi connectivity index (χ1) is 9.62. The molecule has 0 N–H and O–H groups in total. The van der Waals surface area contributed by atoms with Crippen LogP contribution in [0.5, 0.6) is 0 Å². The number of hydrogen-bond acceptors (Lipinski definition) is 1. The number of quaternary nitrogens is 1. The topological polar surface area (TPSA) is 23.1 Å². The molecule has 0 aliphatic carbocycles. The molecule has 122 valence electrons. The van der Waals surface area contributed by atoms with Gasteiger partial charge in [0.1, 0.15) is 0 Å². The first-order valence-electron chi connectivity index (χ1n) is 9.18. The first-order valence-corrected chi connectivity index (χ1v) is 9.18. The van der Waals surface area contributed by atoms with E-state index < -0.39 is 0 Å². The summed E-state index contributed by atoms with van der Waals surface area (Å²) in [6, 6.07) is 0. The summed E-state index contributed by atoms with van der Waals surface area (Å²) in [6.07, 6.45) is 16.9. The molecule has 20 heavy (non-hydrogen) atoms. The van der Waals surface area contributed by atoms with Crippen LogP contribution in [0.1, 0.15) is 97.3 Å². The largest absolute Gasteiger partial charge is 0.633 e. The molecule has 0 saturated carbocycles. The number of nitrogens with zero attached hydrogens (tertiary/aromatic N) is 1. The van der Waals surface area contributed by atoms with Gasteiger partial charge in [-0.3, -0.25) is 0 Å². The summed E-state index contributed by atoms with van der Waals surface area (Å²) in [6.45, 7) is 6.09. The van der Waals surface area contributed by atoms with Gasteiger partial charge in [-0.1, -0.05) is 71.6 Å². The molecule has 0 fully saturated rings. The molecule has 0 rings (SSSR count). The van der Waals surface area contributed by atoms with E-state index >= 15 is 0 Å². The highest BCUT2D eigenvalue weighted by Gasteiger charge is 2.08. The Labute approximate surface area is 128 Å². The predicted octanol–water partition coefficient (Wildman–Crippen LogP) is 6.04. The molecule has 0 aliphatic rings. The Morgan fingerprint density at radius 3 is 1.30 bits per heavy atom. The summed E-state index contributed by atoms with van der Waals surface area (Å²) < 4.78 is -0.0168. The summed E-state index contributed by atoms with van der Waals surface area (Å²) in [5.74, 6) is 0. The Bertz CT molecular complexity index is 192. The van der Waals surface area contributed by atoms with Crippen LogP contribution in [0.2, 0.25) is 0 Å². The SMILES string of the molecule is CCCCCCCCCCCC[N+](C)([O-])CCCCC. The first kappa shape index (κ1) is 19.9. The fraction of sp³-hybridized carbons (Fsp3) is 1.00. The molecule has 0 aromatic carbocycles. The molecule has 0 spiro atoms. The van der Waals surface area contributed by atoms with Crippen molar-refractivity contribution in [3.8, 4) is 0 Å². The third kappa shape index (κ3) is 14.3. The maximum atomic E-state index is 12.2. The van der Waals surface area contributed by atoms with Gasteiger partial charge in [0, 0.05) is 0 Å². The Morgan fingerprint density at radius 2 is 0.850 bits per heavy atom. The standard InChI is InChI=1S/C18H39NO/c1-4-6-8-9-10-11-12-13-14-16-18-19(3,20)17-15-7-5-2/h4-18H2,1-3H3.